The van der Waals surface area contributed by atoms with E-state index in [0.29, 0.717) is 28.5 Å². The van der Waals surface area contributed by atoms with Crippen LogP contribution in [0.2, 0.25) is 0 Å². The first kappa shape index (κ1) is 17.2. The Balaban J connectivity index is 1.40. The Kier molecular flexibility index (Phi) is 4.08. The molecule has 3 heterocycles. The lowest BCUT2D eigenvalue weighted by molar-refractivity contribution is -0.116. The van der Waals surface area contributed by atoms with Gasteiger partial charge in [0.25, 0.3) is 5.56 Å². The maximum absolute atomic E-state index is 13.0. The first-order chi connectivity index (χ1) is 13.6. The molecule has 5 rings (SSSR count). The van der Waals surface area contributed by atoms with Gasteiger partial charge in [-0.05, 0) is 42.9 Å². The minimum absolute atomic E-state index is 0.0861. The van der Waals surface area contributed by atoms with Crippen LogP contribution in [0.15, 0.2) is 29.3 Å². The first-order valence-corrected chi connectivity index (χ1v) is 10.1. The van der Waals surface area contributed by atoms with Crippen molar-refractivity contribution >= 4 is 33.1 Å². The molecule has 0 saturated carbocycles. The topological polar surface area (TPSA) is 82.5 Å². The lowest BCUT2D eigenvalue weighted by atomic mass is 9.89. The van der Waals surface area contributed by atoms with Crippen LogP contribution in [0.3, 0.4) is 0 Å². The maximum atomic E-state index is 13.0. The van der Waals surface area contributed by atoms with Gasteiger partial charge in [-0.3, -0.25) is 14.2 Å². The normalized spacial score (nSPS) is 17.5. The number of benzene rings is 1. The van der Waals surface area contributed by atoms with Crippen molar-refractivity contribution in [2.45, 2.75) is 32.7 Å². The monoisotopic (exact) mass is 397 g/mol. The zero-order valence-corrected chi connectivity index (χ0v) is 16.2. The number of fused-ring (bicyclic) bond motifs is 4. The van der Waals surface area contributed by atoms with Crippen LogP contribution in [0.4, 0.5) is 5.69 Å². The van der Waals surface area contributed by atoms with Crippen molar-refractivity contribution in [3.05, 3.63) is 45.3 Å². The number of ether oxygens (including phenoxy) is 2. The number of anilines is 1. The number of amides is 1. The Morgan fingerprint density at radius 2 is 2.21 bits per heavy atom. The van der Waals surface area contributed by atoms with Gasteiger partial charge in [0.2, 0.25) is 12.7 Å². The summed E-state index contributed by atoms with van der Waals surface area (Å²) in [5.41, 5.74) is 1.58. The summed E-state index contributed by atoms with van der Waals surface area (Å²) in [4.78, 5) is 32.0. The number of aryl methyl sites for hydroxylation is 1. The predicted molar refractivity (Wildman–Crippen MR) is 106 cm³/mol. The third kappa shape index (κ3) is 2.93. The van der Waals surface area contributed by atoms with E-state index in [1.54, 1.807) is 29.5 Å². The van der Waals surface area contributed by atoms with Crippen molar-refractivity contribution in [3.8, 4) is 11.5 Å². The number of rotatable bonds is 3. The van der Waals surface area contributed by atoms with E-state index in [2.05, 4.69) is 17.2 Å². The predicted octanol–water partition coefficient (Wildman–Crippen LogP) is 2.95. The molecular formula is C20H19N3O4S. The maximum Gasteiger partial charge on any atom is 0.262 e. The highest BCUT2D eigenvalue weighted by atomic mass is 32.1. The molecular weight excluding hydrogens is 378 g/mol. The van der Waals surface area contributed by atoms with E-state index < -0.39 is 0 Å². The average Bonchev–Trinajstić information content (AvgIpc) is 3.27. The van der Waals surface area contributed by atoms with Gasteiger partial charge in [-0.15, -0.1) is 11.3 Å². The zero-order chi connectivity index (χ0) is 19.3. The van der Waals surface area contributed by atoms with E-state index in [0.717, 1.165) is 29.7 Å². The van der Waals surface area contributed by atoms with Crippen LogP contribution in [-0.4, -0.2) is 22.3 Å². The van der Waals surface area contributed by atoms with Crippen molar-refractivity contribution in [1.29, 1.82) is 0 Å². The minimum Gasteiger partial charge on any atom is -0.454 e. The molecule has 1 N–H and O–H groups in total. The summed E-state index contributed by atoms with van der Waals surface area (Å²) in [7, 11) is 0. The molecule has 2 aliphatic rings. The molecule has 8 heteroatoms. The van der Waals surface area contributed by atoms with Gasteiger partial charge >= 0.3 is 0 Å². The zero-order valence-electron chi connectivity index (χ0n) is 15.4. The first-order valence-electron chi connectivity index (χ1n) is 9.27. The molecule has 1 amide bonds. The van der Waals surface area contributed by atoms with Crippen molar-refractivity contribution in [2.24, 2.45) is 5.92 Å². The molecule has 1 aromatic carbocycles. The molecule has 0 spiro atoms. The van der Waals surface area contributed by atoms with E-state index in [9.17, 15) is 9.59 Å². The summed E-state index contributed by atoms with van der Waals surface area (Å²) in [6, 6.07) is 5.20. The number of carbonyl (C=O) groups excluding carboxylic acids is 1. The highest BCUT2D eigenvalue weighted by Gasteiger charge is 2.23. The van der Waals surface area contributed by atoms with E-state index >= 15 is 0 Å². The number of hydrogen-bond donors (Lipinski definition) is 1. The number of nitrogens with one attached hydrogen (secondary N) is 1. The average molecular weight is 397 g/mol. The number of hydrogen-bond acceptors (Lipinski definition) is 6. The lowest BCUT2D eigenvalue weighted by Gasteiger charge is -2.17. The molecule has 144 valence electrons. The molecule has 3 aromatic rings. The molecule has 0 bridgehead atoms. The molecule has 0 fully saturated rings. The number of thiophene rings is 1. The largest absolute Gasteiger partial charge is 0.454 e. The molecule has 7 nitrogen and oxygen atoms in total. The summed E-state index contributed by atoms with van der Waals surface area (Å²) < 4.78 is 12.0. The van der Waals surface area contributed by atoms with E-state index in [4.69, 9.17) is 9.47 Å². The lowest BCUT2D eigenvalue weighted by Crippen LogP contribution is -2.28. The fourth-order valence-electron chi connectivity index (χ4n) is 3.81. The summed E-state index contributed by atoms with van der Waals surface area (Å²) >= 11 is 1.61. The fraction of sp³-hybridized carbons (Fsp3) is 0.350. The van der Waals surface area contributed by atoms with Gasteiger partial charge in [0.05, 0.1) is 11.7 Å². The van der Waals surface area contributed by atoms with Crippen LogP contribution in [0.1, 0.15) is 23.8 Å². The molecule has 1 unspecified atom stereocenters. The molecule has 1 aliphatic heterocycles. The Morgan fingerprint density at radius 1 is 1.36 bits per heavy atom. The Labute approximate surface area is 164 Å². The Morgan fingerprint density at radius 3 is 3.11 bits per heavy atom. The fourth-order valence-corrected chi connectivity index (χ4v) is 5.15. The molecule has 2 aromatic heterocycles. The van der Waals surface area contributed by atoms with Gasteiger partial charge in [0, 0.05) is 16.6 Å². The van der Waals surface area contributed by atoms with Gasteiger partial charge in [-0.1, -0.05) is 6.92 Å². The van der Waals surface area contributed by atoms with Gasteiger partial charge in [-0.25, -0.2) is 4.98 Å². The van der Waals surface area contributed by atoms with Gasteiger partial charge in [-0.2, -0.15) is 0 Å². The van der Waals surface area contributed by atoms with Crippen molar-refractivity contribution in [1.82, 2.24) is 9.55 Å². The van der Waals surface area contributed by atoms with Gasteiger partial charge in [0.15, 0.2) is 11.5 Å². The van der Waals surface area contributed by atoms with E-state index in [1.165, 1.54) is 15.8 Å². The Hall–Kier alpha value is -2.87. The van der Waals surface area contributed by atoms with Gasteiger partial charge < -0.3 is 14.8 Å². The third-order valence-electron chi connectivity index (χ3n) is 5.25. The van der Waals surface area contributed by atoms with Crippen LogP contribution in [0.5, 0.6) is 11.5 Å². The molecule has 1 aliphatic carbocycles. The SMILES string of the molecule is CC1CCc2c(sc3ncn(CC(=O)Nc4ccc5c(c4)OCO5)c(=O)c23)C1. The summed E-state index contributed by atoms with van der Waals surface area (Å²) in [5.74, 6) is 1.59. The second-order valence-electron chi connectivity index (χ2n) is 7.33. The standard InChI is InChI=1S/C20H19N3O4S/c1-11-2-4-13-16(6-11)28-19-18(13)20(25)23(9-21-19)8-17(24)22-12-3-5-14-15(7-12)27-10-26-14/h3,5,7,9,11H,2,4,6,8,10H2,1H3,(H,22,24). The van der Waals surface area contributed by atoms with E-state index in [-0.39, 0.29) is 24.8 Å². The summed E-state index contributed by atoms with van der Waals surface area (Å²) in [6.07, 6.45) is 4.45. The minimum atomic E-state index is -0.292. The molecule has 0 radical (unpaired) electrons. The van der Waals surface area contributed by atoms with Gasteiger partial charge in [0.1, 0.15) is 11.4 Å². The smallest absolute Gasteiger partial charge is 0.262 e. The van der Waals surface area contributed by atoms with E-state index in [1.807, 2.05) is 0 Å². The number of nitrogens with zero attached hydrogens (tertiary/aromatic N) is 2. The third-order valence-corrected chi connectivity index (χ3v) is 6.41. The second-order valence-corrected chi connectivity index (χ2v) is 8.41. The quantitative estimate of drug-likeness (QED) is 0.735. The summed E-state index contributed by atoms with van der Waals surface area (Å²) in [5, 5.41) is 3.48. The van der Waals surface area contributed by atoms with Crippen LogP contribution in [0, 0.1) is 5.92 Å². The van der Waals surface area contributed by atoms with Crippen molar-refractivity contribution in [2.75, 3.05) is 12.1 Å². The molecule has 0 saturated heterocycles. The molecule has 28 heavy (non-hydrogen) atoms. The highest BCUT2D eigenvalue weighted by molar-refractivity contribution is 7.18. The van der Waals surface area contributed by atoms with Crippen molar-refractivity contribution in [3.63, 3.8) is 0 Å². The second kappa shape index (κ2) is 6.63. The highest BCUT2D eigenvalue weighted by Crippen LogP contribution is 2.36. The van der Waals surface area contributed by atoms with Crippen LogP contribution in [0.25, 0.3) is 10.2 Å². The van der Waals surface area contributed by atoms with Crippen LogP contribution in [-0.2, 0) is 24.2 Å². The van der Waals surface area contributed by atoms with Crippen molar-refractivity contribution < 1.29 is 14.3 Å². The van der Waals surface area contributed by atoms with Crippen LogP contribution < -0.4 is 20.3 Å². The number of aromatic nitrogens is 2. The summed E-state index contributed by atoms with van der Waals surface area (Å²) in [6.45, 7) is 2.33. The molecule has 1 atom stereocenters. The number of carbonyl (C=O) groups is 1. The Bertz CT molecular complexity index is 1150. The van der Waals surface area contributed by atoms with Crippen LogP contribution >= 0.6 is 11.3 Å².